The minimum absolute atomic E-state index is 0.160. The predicted octanol–water partition coefficient (Wildman–Crippen LogP) is 1.94. The van der Waals surface area contributed by atoms with Gasteiger partial charge in [0.1, 0.15) is 0 Å². The third-order valence-corrected chi connectivity index (χ3v) is 0.843. The fourth-order valence-corrected chi connectivity index (χ4v) is 0.648. The molecule has 0 fully saturated rings. The summed E-state index contributed by atoms with van der Waals surface area (Å²) in [7, 11) is 0. The van der Waals surface area contributed by atoms with Crippen molar-refractivity contribution in [3.63, 3.8) is 0 Å². The van der Waals surface area contributed by atoms with Crippen molar-refractivity contribution in [3.8, 4) is 0 Å². The quantitative estimate of drug-likeness (QED) is 0.336. The average Bonchev–Trinajstić information content (AvgIpc) is 1.65. The molecule has 0 amide bonds. The Labute approximate surface area is 58.3 Å². The Morgan fingerprint density at radius 2 is 2.25 bits per heavy atom. The molecule has 0 rings (SSSR count). The van der Waals surface area contributed by atoms with Crippen molar-refractivity contribution in [1.82, 2.24) is 0 Å². The molecular weight excluding hydrogens is 147 g/mol. The van der Waals surface area contributed by atoms with Crippen LogP contribution in [0.4, 0.5) is 0 Å². The smallest absolute Gasteiger partial charge is 0.161 e. The summed E-state index contributed by atoms with van der Waals surface area (Å²) in [5.41, 5.74) is 0. The number of carbonyl (C=O) groups excluding carboxylic acids is 1. The maximum Gasteiger partial charge on any atom is 0.161 e. The van der Waals surface area contributed by atoms with E-state index in [0.29, 0.717) is 6.29 Å². The first-order chi connectivity index (χ1) is 3.66. The Bertz CT molecular complexity index is 107. The van der Waals surface area contributed by atoms with Crippen molar-refractivity contribution in [1.29, 1.82) is 0 Å². The van der Waals surface area contributed by atoms with Crippen LogP contribution in [0.25, 0.3) is 0 Å². The molecule has 0 spiro atoms. The van der Waals surface area contributed by atoms with Gasteiger partial charge in [0.05, 0.1) is 10.4 Å². The number of halogens is 2. The van der Waals surface area contributed by atoms with Crippen LogP contribution in [0.3, 0.4) is 0 Å². The molecule has 0 aliphatic heterocycles. The summed E-state index contributed by atoms with van der Waals surface area (Å²) < 4.78 is 0. The zero-order valence-electron chi connectivity index (χ0n) is 4.40. The van der Waals surface area contributed by atoms with Crippen LogP contribution in [0.5, 0.6) is 0 Å². The second kappa shape index (κ2) is 3.93. The van der Waals surface area contributed by atoms with Crippen molar-refractivity contribution >= 4 is 29.5 Å². The highest BCUT2D eigenvalue weighted by molar-refractivity contribution is 6.39. The summed E-state index contributed by atoms with van der Waals surface area (Å²) in [6.45, 7) is 1.73. The van der Waals surface area contributed by atoms with Gasteiger partial charge in [-0.1, -0.05) is 11.6 Å². The molecule has 46 valence electrons. The SMILES string of the molecule is CC(Cl)C=C(Cl)C=O. The van der Waals surface area contributed by atoms with Gasteiger partial charge in [0.2, 0.25) is 0 Å². The Hall–Kier alpha value is -0.0100. The number of carbonyl (C=O) groups is 1. The standard InChI is InChI=1S/C5H6Cl2O/c1-4(6)2-5(7)3-8/h2-4H,1H3. The first-order valence-corrected chi connectivity index (χ1v) is 2.95. The molecule has 8 heavy (non-hydrogen) atoms. The van der Waals surface area contributed by atoms with Gasteiger partial charge in [-0.05, 0) is 13.0 Å². The normalized spacial score (nSPS) is 15.6. The summed E-state index contributed by atoms with van der Waals surface area (Å²) in [5.74, 6) is 0. The number of allylic oxidation sites excluding steroid dienone is 2. The van der Waals surface area contributed by atoms with Crippen LogP contribution in [0.2, 0.25) is 0 Å². The van der Waals surface area contributed by atoms with Gasteiger partial charge in [-0.2, -0.15) is 0 Å². The lowest BCUT2D eigenvalue weighted by Crippen LogP contribution is -1.84. The molecule has 0 aromatic rings. The second-order valence-corrected chi connectivity index (χ2v) is 2.47. The maximum absolute atomic E-state index is 9.78. The van der Waals surface area contributed by atoms with Crippen LogP contribution < -0.4 is 0 Å². The molecule has 1 atom stereocenters. The van der Waals surface area contributed by atoms with E-state index in [9.17, 15) is 4.79 Å². The Morgan fingerprint density at radius 1 is 1.75 bits per heavy atom. The molecule has 0 saturated carbocycles. The molecule has 0 saturated heterocycles. The van der Waals surface area contributed by atoms with Gasteiger partial charge < -0.3 is 0 Å². The zero-order valence-corrected chi connectivity index (χ0v) is 5.91. The van der Waals surface area contributed by atoms with E-state index in [-0.39, 0.29) is 10.4 Å². The molecule has 0 N–H and O–H groups in total. The third-order valence-electron chi connectivity index (χ3n) is 0.501. The van der Waals surface area contributed by atoms with Gasteiger partial charge in [-0.15, -0.1) is 11.6 Å². The summed E-state index contributed by atoms with van der Waals surface area (Å²) >= 11 is 10.7. The van der Waals surface area contributed by atoms with Crippen LogP contribution in [-0.4, -0.2) is 11.7 Å². The van der Waals surface area contributed by atoms with Gasteiger partial charge in [0, 0.05) is 0 Å². The monoisotopic (exact) mass is 152 g/mol. The van der Waals surface area contributed by atoms with Crippen molar-refractivity contribution in [2.75, 3.05) is 0 Å². The lowest BCUT2D eigenvalue weighted by molar-refractivity contribution is -0.104. The molecule has 0 aliphatic carbocycles. The number of aldehydes is 1. The fraction of sp³-hybridized carbons (Fsp3) is 0.400. The molecule has 0 aliphatic rings. The van der Waals surface area contributed by atoms with Gasteiger partial charge in [0.15, 0.2) is 6.29 Å². The van der Waals surface area contributed by atoms with Crippen LogP contribution in [-0.2, 0) is 4.79 Å². The average molecular weight is 153 g/mol. The van der Waals surface area contributed by atoms with Crippen molar-refractivity contribution in [2.45, 2.75) is 12.3 Å². The number of rotatable bonds is 2. The van der Waals surface area contributed by atoms with Gasteiger partial charge in [-0.3, -0.25) is 4.79 Å². The largest absolute Gasteiger partial charge is 0.297 e. The van der Waals surface area contributed by atoms with Gasteiger partial charge in [0.25, 0.3) is 0 Å². The Balaban J connectivity index is 3.74. The predicted molar refractivity (Wildman–Crippen MR) is 35.3 cm³/mol. The maximum atomic E-state index is 9.78. The van der Waals surface area contributed by atoms with Crippen molar-refractivity contribution in [2.24, 2.45) is 0 Å². The number of hydrogen-bond donors (Lipinski definition) is 0. The molecule has 1 nitrogen and oxygen atoms in total. The number of hydrogen-bond acceptors (Lipinski definition) is 1. The van der Waals surface area contributed by atoms with E-state index < -0.39 is 0 Å². The van der Waals surface area contributed by atoms with E-state index in [1.165, 1.54) is 6.08 Å². The molecule has 0 heterocycles. The molecule has 0 aromatic carbocycles. The Kier molecular flexibility index (Phi) is 3.92. The zero-order chi connectivity index (χ0) is 6.57. The van der Waals surface area contributed by atoms with Gasteiger partial charge >= 0.3 is 0 Å². The Morgan fingerprint density at radius 3 is 2.38 bits per heavy atom. The lowest BCUT2D eigenvalue weighted by atomic mass is 10.4. The van der Waals surface area contributed by atoms with Crippen molar-refractivity contribution in [3.05, 3.63) is 11.1 Å². The molecule has 1 unspecified atom stereocenters. The molecule has 0 aromatic heterocycles. The van der Waals surface area contributed by atoms with E-state index >= 15 is 0 Å². The highest BCUT2D eigenvalue weighted by atomic mass is 35.5. The summed E-state index contributed by atoms with van der Waals surface area (Å²) in [6, 6.07) is 0. The molecular formula is C5H6Cl2O. The van der Waals surface area contributed by atoms with Gasteiger partial charge in [-0.25, -0.2) is 0 Å². The molecule has 3 heteroatoms. The van der Waals surface area contributed by atoms with E-state index in [1.54, 1.807) is 6.92 Å². The van der Waals surface area contributed by atoms with Crippen molar-refractivity contribution < 1.29 is 4.79 Å². The first-order valence-electron chi connectivity index (χ1n) is 2.13. The third kappa shape index (κ3) is 4.16. The highest BCUT2D eigenvalue weighted by Gasteiger charge is 1.91. The van der Waals surface area contributed by atoms with E-state index in [1.807, 2.05) is 0 Å². The number of alkyl halides is 1. The first kappa shape index (κ1) is 7.99. The van der Waals surface area contributed by atoms with E-state index in [0.717, 1.165) is 0 Å². The van der Waals surface area contributed by atoms with Crippen LogP contribution in [0.15, 0.2) is 11.1 Å². The fourth-order valence-electron chi connectivity index (χ4n) is 0.259. The van der Waals surface area contributed by atoms with E-state index in [4.69, 9.17) is 23.2 Å². The minimum Gasteiger partial charge on any atom is -0.297 e. The lowest BCUT2D eigenvalue weighted by Gasteiger charge is -1.88. The molecule has 0 bridgehead atoms. The van der Waals surface area contributed by atoms with Crippen LogP contribution >= 0.6 is 23.2 Å². The summed E-state index contributed by atoms with van der Waals surface area (Å²) in [6.07, 6.45) is 2.02. The van der Waals surface area contributed by atoms with E-state index in [2.05, 4.69) is 0 Å². The van der Waals surface area contributed by atoms with Crippen LogP contribution in [0.1, 0.15) is 6.92 Å². The van der Waals surface area contributed by atoms with Crippen LogP contribution in [0, 0.1) is 0 Å². The second-order valence-electron chi connectivity index (χ2n) is 1.35. The molecule has 0 radical (unpaired) electrons. The summed E-state index contributed by atoms with van der Waals surface area (Å²) in [5, 5.41) is -0.0137. The minimum atomic E-state index is -0.173. The topological polar surface area (TPSA) is 17.1 Å². The summed E-state index contributed by atoms with van der Waals surface area (Å²) in [4.78, 5) is 9.78. The highest BCUT2D eigenvalue weighted by Crippen LogP contribution is 2.02.